The van der Waals surface area contributed by atoms with Crippen molar-refractivity contribution in [1.82, 2.24) is 0 Å². The summed E-state index contributed by atoms with van der Waals surface area (Å²) in [6, 6.07) is 4.63. The van der Waals surface area contributed by atoms with Gasteiger partial charge < -0.3 is 24.4 Å². The molecule has 0 amide bonds. The van der Waals surface area contributed by atoms with E-state index in [0.717, 1.165) is 0 Å². The molecular formula is C12H16O6. The number of aliphatic hydroxyl groups is 2. The Balaban J connectivity index is 2.91. The zero-order valence-electron chi connectivity index (χ0n) is 10.3. The molecule has 0 saturated heterocycles. The molecule has 0 radical (unpaired) electrons. The molecule has 0 atom stereocenters. The van der Waals surface area contributed by atoms with Gasteiger partial charge in [-0.3, -0.25) is 0 Å². The summed E-state index contributed by atoms with van der Waals surface area (Å²) in [4.78, 5) is 11.8. The van der Waals surface area contributed by atoms with E-state index >= 15 is 0 Å². The number of methoxy groups -OCH3 is 2. The molecule has 0 aliphatic carbocycles. The van der Waals surface area contributed by atoms with Gasteiger partial charge in [0, 0.05) is 6.07 Å². The fraction of sp³-hybridized carbons (Fsp3) is 0.417. The van der Waals surface area contributed by atoms with Crippen LogP contribution in [0.4, 0.5) is 0 Å². The second-order valence-corrected chi connectivity index (χ2v) is 3.46. The molecule has 18 heavy (non-hydrogen) atoms. The first-order valence-electron chi connectivity index (χ1n) is 5.31. The van der Waals surface area contributed by atoms with Gasteiger partial charge in [0.05, 0.1) is 27.4 Å². The molecule has 6 nitrogen and oxygen atoms in total. The molecule has 6 heteroatoms. The fourth-order valence-corrected chi connectivity index (χ4v) is 1.31. The van der Waals surface area contributed by atoms with Crippen LogP contribution in [0.2, 0.25) is 0 Å². The maximum absolute atomic E-state index is 11.8. The van der Waals surface area contributed by atoms with Crippen molar-refractivity contribution in [3.8, 4) is 11.5 Å². The predicted octanol–water partition coefficient (Wildman–Crippen LogP) is 0.214. The number of esters is 1. The van der Waals surface area contributed by atoms with Crippen molar-refractivity contribution in [2.24, 2.45) is 0 Å². The summed E-state index contributed by atoms with van der Waals surface area (Å²) in [5, 5.41) is 17.7. The third-order valence-electron chi connectivity index (χ3n) is 2.31. The highest BCUT2D eigenvalue weighted by atomic mass is 16.6. The average molecular weight is 256 g/mol. The Labute approximate surface area is 105 Å². The van der Waals surface area contributed by atoms with Gasteiger partial charge in [-0.15, -0.1) is 0 Å². The minimum absolute atomic E-state index is 0.199. The highest BCUT2D eigenvalue weighted by Crippen LogP contribution is 2.25. The van der Waals surface area contributed by atoms with E-state index in [0.29, 0.717) is 11.5 Å². The van der Waals surface area contributed by atoms with Gasteiger partial charge in [-0.05, 0) is 12.1 Å². The van der Waals surface area contributed by atoms with Gasteiger partial charge in [-0.1, -0.05) is 0 Å². The van der Waals surface area contributed by atoms with Crippen molar-refractivity contribution in [3.05, 3.63) is 23.8 Å². The Morgan fingerprint density at radius 3 is 2.39 bits per heavy atom. The monoisotopic (exact) mass is 256 g/mol. The number of hydrogen-bond donors (Lipinski definition) is 2. The van der Waals surface area contributed by atoms with Gasteiger partial charge in [0.2, 0.25) is 0 Å². The van der Waals surface area contributed by atoms with Gasteiger partial charge in [0.25, 0.3) is 0 Å². The van der Waals surface area contributed by atoms with E-state index in [1.165, 1.54) is 20.3 Å². The lowest BCUT2D eigenvalue weighted by molar-refractivity contribution is -0.00569. The highest BCUT2D eigenvalue weighted by molar-refractivity contribution is 5.92. The molecule has 2 N–H and O–H groups in total. The van der Waals surface area contributed by atoms with E-state index in [1.807, 2.05) is 0 Å². The first-order chi connectivity index (χ1) is 8.65. The Bertz CT molecular complexity index is 400. The zero-order chi connectivity index (χ0) is 13.5. The lowest BCUT2D eigenvalue weighted by Crippen LogP contribution is -2.25. The highest BCUT2D eigenvalue weighted by Gasteiger charge is 2.18. The Hall–Kier alpha value is -1.79. The van der Waals surface area contributed by atoms with Gasteiger partial charge in [0.15, 0.2) is 0 Å². The largest absolute Gasteiger partial charge is 0.497 e. The van der Waals surface area contributed by atoms with E-state index in [-0.39, 0.29) is 5.56 Å². The number of benzene rings is 1. The van der Waals surface area contributed by atoms with Gasteiger partial charge >= 0.3 is 5.97 Å². The van der Waals surface area contributed by atoms with Gasteiger partial charge in [-0.25, -0.2) is 4.79 Å². The van der Waals surface area contributed by atoms with Gasteiger partial charge in [-0.2, -0.15) is 0 Å². The minimum Gasteiger partial charge on any atom is -0.497 e. The molecule has 1 aromatic rings. The lowest BCUT2D eigenvalue weighted by Gasteiger charge is -2.14. The summed E-state index contributed by atoms with van der Waals surface area (Å²) in [7, 11) is 2.92. The Morgan fingerprint density at radius 1 is 1.22 bits per heavy atom. The summed E-state index contributed by atoms with van der Waals surface area (Å²) in [5.74, 6) is 0.167. The lowest BCUT2D eigenvalue weighted by atomic mass is 10.2. The van der Waals surface area contributed by atoms with Crippen molar-refractivity contribution in [3.63, 3.8) is 0 Å². The second kappa shape index (κ2) is 6.83. The molecule has 0 unspecified atom stereocenters. The van der Waals surface area contributed by atoms with Crippen LogP contribution in [0, 0.1) is 0 Å². The molecule has 0 aliphatic rings. The quantitative estimate of drug-likeness (QED) is 0.708. The zero-order valence-corrected chi connectivity index (χ0v) is 10.3. The van der Waals surface area contributed by atoms with Crippen LogP contribution in [-0.4, -0.2) is 49.7 Å². The second-order valence-electron chi connectivity index (χ2n) is 3.46. The van der Waals surface area contributed by atoms with Gasteiger partial charge in [0.1, 0.15) is 23.2 Å². The van der Waals surface area contributed by atoms with Crippen LogP contribution in [0.1, 0.15) is 10.4 Å². The normalized spacial score (nSPS) is 10.3. The molecule has 0 bridgehead atoms. The van der Waals surface area contributed by atoms with Crippen LogP contribution < -0.4 is 9.47 Å². The minimum atomic E-state index is -0.940. The van der Waals surface area contributed by atoms with Crippen LogP contribution in [0.3, 0.4) is 0 Å². The SMILES string of the molecule is COc1ccc(C(=O)OC(CO)CO)c(OC)c1. The number of carbonyl (C=O) groups excluding carboxylic acids is 1. The fourth-order valence-electron chi connectivity index (χ4n) is 1.31. The molecule has 1 rings (SSSR count). The molecule has 0 aliphatic heterocycles. The molecule has 0 aromatic heterocycles. The first-order valence-corrected chi connectivity index (χ1v) is 5.31. The molecule has 100 valence electrons. The van der Waals surface area contributed by atoms with Crippen LogP contribution in [0.5, 0.6) is 11.5 Å². The van der Waals surface area contributed by atoms with Crippen LogP contribution in [-0.2, 0) is 4.74 Å². The summed E-state index contributed by atoms with van der Waals surface area (Å²) >= 11 is 0. The predicted molar refractivity (Wildman–Crippen MR) is 62.9 cm³/mol. The Kier molecular flexibility index (Phi) is 5.41. The molecule has 0 saturated carbocycles. The third-order valence-corrected chi connectivity index (χ3v) is 2.31. The average Bonchev–Trinajstić information content (AvgIpc) is 2.43. The summed E-state index contributed by atoms with van der Waals surface area (Å²) in [5.41, 5.74) is 0.199. The van der Waals surface area contributed by atoms with E-state index in [2.05, 4.69) is 0 Å². The molecule has 0 spiro atoms. The number of rotatable bonds is 6. The Morgan fingerprint density at radius 2 is 1.89 bits per heavy atom. The maximum Gasteiger partial charge on any atom is 0.342 e. The molecule has 1 aromatic carbocycles. The number of hydrogen-bond acceptors (Lipinski definition) is 6. The van der Waals surface area contributed by atoms with Crippen LogP contribution in [0.25, 0.3) is 0 Å². The van der Waals surface area contributed by atoms with E-state index < -0.39 is 25.3 Å². The number of carbonyl (C=O) groups is 1. The van der Waals surface area contributed by atoms with Crippen LogP contribution in [0.15, 0.2) is 18.2 Å². The summed E-state index contributed by atoms with van der Waals surface area (Å²) in [6.45, 7) is -0.887. The van der Waals surface area contributed by atoms with E-state index in [1.54, 1.807) is 12.1 Å². The van der Waals surface area contributed by atoms with Crippen molar-refractivity contribution >= 4 is 5.97 Å². The van der Waals surface area contributed by atoms with Crippen molar-refractivity contribution in [1.29, 1.82) is 0 Å². The van der Waals surface area contributed by atoms with Crippen molar-refractivity contribution in [2.45, 2.75) is 6.10 Å². The standard InChI is InChI=1S/C12H16O6/c1-16-8-3-4-10(11(5-8)17-2)12(15)18-9(6-13)7-14/h3-5,9,13-14H,6-7H2,1-2H3. The topological polar surface area (TPSA) is 85.2 Å². The van der Waals surface area contributed by atoms with Crippen LogP contribution >= 0.6 is 0 Å². The molecule has 0 fully saturated rings. The smallest absolute Gasteiger partial charge is 0.342 e. The molecular weight excluding hydrogens is 240 g/mol. The first kappa shape index (κ1) is 14.3. The molecule has 0 heterocycles. The number of ether oxygens (including phenoxy) is 3. The van der Waals surface area contributed by atoms with Crippen molar-refractivity contribution in [2.75, 3.05) is 27.4 Å². The number of aliphatic hydroxyl groups excluding tert-OH is 2. The third kappa shape index (κ3) is 3.35. The maximum atomic E-state index is 11.8. The van der Waals surface area contributed by atoms with E-state index in [9.17, 15) is 4.79 Å². The summed E-state index contributed by atoms with van der Waals surface area (Å²) < 4.78 is 14.9. The van der Waals surface area contributed by atoms with Crippen molar-refractivity contribution < 1.29 is 29.2 Å². The summed E-state index contributed by atoms with van der Waals surface area (Å²) in [6.07, 6.45) is -0.940. The van der Waals surface area contributed by atoms with E-state index in [4.69, 9.17) is 24.4 Å².